The van der Waals surface area contributed by atoms with Gasteiger partial charge in [-0.05, 0) is 49.9 Å². The van der Waals surface area contributed by atoms with Gasteiger partial charge in [-0.2, -0.15) is 0 Å². The molecule has 0 aliphatic heterocycles. The molecule has 2 amide bonds. The molecule has 0 radical (unpaired) electrons. The zero-order valence-electron chi connectivity index (χ0n) is 14.3. The van der Waals surface area contributed by atoms with Crippen LogP contribution in [0, 0.1) is 5.82 Å². The van der Waals surface area contributed by atoms with Gasteiger partial charge < -0.3 is 15.7 Å². The van der Waals surface area contributed by atoms with Crippen molar-refractivity contribution >= 4 is 12.0 Å². The predicted octanol–water partition coefficient (Wildman–Crippen LogP) is 2.05. The molecule has 25 heavy (non-hydrogen) atoms. The maximum Gasteiger partial charge on any atom is 0.317 e. The molecule has 6 nitrogen and oxygen atoms in total. The van der Waals surface area contributed by atoms with Crippen molar-refractivity contribution in [1.82, 2.24) is 15.5 Å². The molecule has 7 heteroatoms. The molecule has 0 spiro atoms. The Kier molecular flexibility index (Phi) is 4.94. The summed E-state index contributed by atoms with van der Waals surface area (Å²) in [4.78, 5) is 25.0. The van der Waals surface area contributed by atoms with Crippen molar-refractivity contribution < 1.29 is 19.1 Å². The van der Waals surface area contributed by atoms with Crippen molar-refractivity contribution in [1.29, 1.82) is 0 Å². The highest BCUT2D eigenvalue weighted by Gasteiger charge is 2.46. The van der Waals surface area contributed by atoms with E-state index in [4.69, 9.17) is 5.11 Å². The largest absolute Gasteiger partial charge is 0.480 e. The Balaban J connectivity index is 1.47. The molecule has 136 valence electrons. The molecule has 3 N–H and O–H groups in total. The number of aliphatic carboxylic acids is 1. The Bertz CT molecular complexity index is 657. The zero-order chi connectivity index (χ0) is 18.0. The van der Waals surface area contributed by atoms with Crippen LogP contribution in [0.2, 0.25) is 0 Å². The van der Waals surface area contributed by atoms with Crippen LogP contribution in [-0.4, -0.2) is 47.2 Å². The second kappa shape index (κ2) is 7.00. The minimum Gasteiger partial charge on any atom is -0.480 e. The average molecular weight is 349 g/mol. The van der Waals surface area contributed by atoms with Gasteiger partial charge in [0.1, 0.15) is 5.82 Å². The highest BCUT2D eigenvalue weighted by molar-refractivity contribution is 5.76. The number of nitrogens with zero attached hydrogens (tertiary/aromatic N) is 1. The van der Waals surface area contributed by atoms with Crippen molar-refractivity contribution in [3.63, 3.8) is 0 Å². The summed E-state index contributed by atoms with van der Waals surface area (Å²) in [5.74, 6) is -1.13. The minimum atomic E-state index is -0.832. The summed E-state index contributed by atoms with van der Waals surface area (Å²) >= 11 is 0. The zero-order valence-corrected chi connectivity index (χ0v) is 14.3. The molecule has 1 aromatic carbocycles. The lowest BCUT2D eigenvalue weighted by molar-refractivity contribution is -0.139. The van der Waals surface area contributed by atoms with E-state index in [1.807, 2.05) is 17.9 Å². The highest BCUT2D eigenvalue weighted by Crippen LogP contribution is 2.45. The first-order chi connectivity index (χ1) is 11.9. The Morgan fingerprint density at radius 1 is 1.36 bits per heavy atom. The normalized spacial score (nSPS) is 23.6. The van der Waals surface area contributed by atoms with Gasteiger partial charge in [0, 0.05) is 12.1 Å². The molecule has 2 aliphatic carbocycles. The molecule has 2 saturated carbocycles. The van der Waals surface area contributed by atoms with Crippen LogP contribution in [0.1, 0.15) is 38.2 Å². The topological polar surface area (TPSA) is 81.7 Å². The molecular formula is C18H24FN3O3. The number of likely N-dealkylation sites (N-methyl/N-ethyl adjacent to an activating group) is 1. The van der Waals surface area contributed by atoms with Crippen LogP contribution >= 0.6 is 0 Å². The fourth-order valence-electron chi connectivity index (χ4n) is 3.51. The lowest BCUT2D eigenvalue weighted by atomic mass is 9.85. The van der Waals surface area contributed by atoms with Crippen LogP contribution < -0.4 is 10.6 Å². The third-order valence-corrected chi connectivity index (χ3v) is 5.19. The molecule has 0 unspecified atom stereocenters. The number of carboxylic acid groups (broad SMARTS) is 1. The number of hydrogen-bond donors (Lipinski definition) is 3. The molecular weight excluding hydrogens is 325 g/mol. The molecule has 0 saturated heterocycles. The van der Waals surface area contributed by atoms with Crippen molar-refractivity contribution in [3.8, 4) is 0 Å². The first kappa shape index (κ1) is 17.7. The van der Waals surface area contributed by atoms with Gasteiger partial charge in [-0.25, -0.2) is 9.18 Å². The van der Waals surface area contributed by atoms with Crippen LogP contribution in [0.15, 0.2) is 24.3 Å². The summed E-state index contributed by atoms with van der Waals surface area (Å²) in [5.41, 5.74) is 0.349. The van der Waals surface area contributed by atoms with Gasteiger partial charge in [0.2, 0.25) is 0 Å². The van der Waals surface area contributed by atoms with Crippen LogP contribution in [0.4, 0.5) is 9.18 Å². The number of carbonyl (C=O) groups is 2. The molecule has 2 fully saturated rings. The predicted molar refractivity (Wildman–Crippen MR) is 90.7 cm³/mol. The Labute approximate surface area is 146 Å². The van der Waals surface area contributed by atoms with Crippen LogP contribution in [-0.2, 0) is 10.3 Å². The number of rotatable bonds is 7. The van der Waals surface area contributed by atoms with Gasteiger partial charge in [0.05, 0.1) is 12.1 Å². The number of benzene rings is 1. The molecule has 1 aromatic rings. The van der Waals surface area contributed by atoms with Crippen molar-refractivity contribution in [2.45, 2.75) is 50.2 Å². The van der Waals surface area contributed by atoms with Crippen molar-refractivity contribution in [3.05, 3.63) is 35.6 Å². The second-order valence-corrected chi connectivity index (χ2v) is 6.97. The third kappa shape index (κ3) is 4.10. The summed E-state index contributed by atoms with van der Waals surface area (Å²) in [5, 5.41) is 14.8. The van der Waals surface area contributed by atoms with Crippen LogP contribution in [0.25, 0.3) is 0 Å². The lowest BCUT2D eigenvalue weighted by Gasteiger charge is -2.42. The highest BCUT2D eigenvalue weighted by atomic mass is 19.1. The fourth-order valence-corrected chi connectivity index (χ4v) is 3.51. The molecule has 0 atom stereocenters. The number of urea groups is 1. The van der Waals surface area contributed by atoms with E-state index >= 15 is 0 Å². The maximum atomic E-state index is 13.4. The van der Waals surface area contributed by atoms with E-state index in [1.54, 1.807) is 6.07 Å². The summed E-state index contributed by atoms with van der Waals surface area (Å²) in [6.07, 6.45) is 3.11. The smallest absolute Gasteiger partial charge is 0.317 e. The standard InChI is InChI=1S/C18H24FN3O3/c1-2-22(11-16(23)24)15-9-14(10-15)20-17(25)21-18(6-7-18)12-4-3-5-13(19)8-12/h3-5,8,14-15H,2,6-7,9-11H2,1H3,(H,23,24)(H2,20,21,25). The Hall–Kier alpha value is -2.15. The van der Waals surface area contributed by atoms with Crippen LogP contribution in [0.3, 0.4) is 0 Å². The molecule has 0 bridgehead atoms. The first-order valence-corrected chi connectivity index (χ1v) is 8.72. The number of amides is 2. The third-order valence-electron chi connectivity index (χ3n) is 5.19. The summed E-state index contributed by atoms with van der Waals surface area (Å²) in [7, 11) is 0. The van der Waals surface area contributed by atoms with Gasteiger partial charge >= 0.3 is 12.0 Å². The number of hydrogen-bond acceptors (Lipinski definition) is 3. The molecule has 0 heterocycles. The lowest BCUT2D eigenvalue weighted by Crippen LogP contribution is -2.57. The fraction of sp³-hybridized carbons (Fsp3) is 0.556. The van der Waals surface area contributed by atoms with E-state index in [-0.39, 0.29) is 30.5 Å². The van der Waals surface area contributed by atoms with Gasteiger partial charge in [-0.15, -0.1) is 0 Å². The summed E-state index contributed by atoms with van der Waals surface area (Å²) < 4.78 is 13.4. The summed E-state index contributed by atoms with van der Waals surface area (Å²) in [6, 6.07) is 6.36. The average Bonchev–Trinajstić information content (AvgIpc) is 3.29. The van der Waals surface area contributed by atoms with Gasteiger partial charge in [-0.1, -0.05) is 19.1 Å². The van der Waals surface area contributed by atoms with Crippen molar-refractivity contribution in [2.24, 2.45) is 0 Å². The van der Waals surface area contributed by atoms with E-state index < -0.39 is 11.5 Å². The molecule has 2 aliphatic rings. The van der Waals surface area contributed by atoms with E-state index in [9.17, 15) is 14.0 Å². The van der Waals surface area contributed by atoms with Crippen molar-refractivity contribution in [2.75, 3.05) is 13.1 Å². The number of nitrogens with one attached hydrogen (secondary N) is 2. The Morgan fingerprint density at radius 2 is 2.08 bits per heavy atom. The van der Waals surface area contributed by atoms with E-state index in [1.165, 1.54) is 12.1 Å². The Morgan fingerprint density at radius 3 is 2.64 bits per heavy atom. The number of carbonyl (C=O) groups excluding carboxylic acids is 1. The van der Waals surface area contributed by atoms with E-state index in [2.05, 4.69) is 10.6 Å². The maximum absolute atomic E-state index is 13.4. The minimum absolute atomic E-state index is 0.0305. The molecule has 0 aromatic heterocycles. The second-order valence-electron chi connectivity index (χ2n) is 6.97. The monoisotopic (exact) mass is 349 g/mol. The number of carboxylic acids is 1. The van der Waals surface area contributed by atoms with Gasteiger partial charge in [0.15, 0.2) is 0 Å². The van der Waals surface area contributed by atoms with Gasteiger partial charge in [-0.3, -0.25) is 9.69 Å². The first-order valence-electron chi connectivity index (χ1n) is 8.72. The van der Waals surface area contributed by atoms with E-state index in [0.29, 0.717) is 6.54 Å². The van der Waals surface area contributed by atoms with Crippen LogP contribution in [0.5, 0.6) is 0 Å². The SMILES string of the molecule is CCN(CC(=O)O)C1CC(NC(=O)NC2(c3cccc(F)c3)CC2)C1. The summed E-state index contributed by atoms with van der Waals surface area (Å²) in [6.45, 7) is 2.65. The van der Waals surface area contributed by atoms with E-state index in [0.717, 1.165) is 31.2 Å². The molecule has 3 rings (SSSR count). The number of halogens is 1. The quantitative estimate of drug-likeness (QED) is 0.704. The van der Waals surface area contributed by atoms with Gasteiger partial charge in [0.25, 0.3) is 0 Å².